The van der Waals surface area contributed by atoms with E-state index < -0.39 is 17.6 Å². The van der Waals surface area contributed by atoms with E-state index in [0.29, 0.717) is 29.4 Å². The molecule has 0 aliphatic carbocycles. The lowest BCUT2D eigenvalue weighted by molar-refractivity contribution is -0.137. The van der Waals surface area contributed by atoms with Crippen molar-refractivity contribution in [2.24, 2.45) is 0 Å². The molecule has 1 atom stereocenters. The van der Waals surface area contributed by atoms with Gasteiger partial charge in [0.1, 0.15) is 0 Å². The molecule has 34 heavy (non-hydrogen) atoms. The number of hydrogen-bond donors (Lipinski definition) is 1. The predicted octanol–water partition coefficient (Wildman–Crippen LogP) is 5.27. The van der Waals surface area contributed by atoms with Crippen LogP contribution in [-0.4, -0.2) is 26.5 Å². The van der Waals surface area contributed by atoms with E-state index in [1.807, 2.05) is 37.3 Å². The van der Waals surface area contributed by atoms with Crippen LogP contribution in [0.25, 0.3) is 0 Å². The van der Waals surface area contributed by atoms with Crippen LogP contribution in [0.4, 0.5) is 18.9 Å². The molecular formula is C24H22F3N3O2S2. The summed E-state index contributed by atoms with van der Waals surface area (Å²) in [4.78, 5) is 31.0. The van der Waals surface area contributed by atoms with Gasteiger partial charge in [-0.2, -0.15) is 13.2 Å². The Labute approximate surface area is 203 Å². The normalized spacial score (nSPS) is 15.2. The van der Waals surface area contributed by atoms with Crippen molar-refractivity contribution < 1.29 is 18.0 Å². The fourth-order valence-corrected chi connectivity index (χ4v) is 5.55. The lowest BCUT2D eigenvalue weighted by Crippen LogP contribution is -2.27. The number of carbonyl (C=O) groups is 1. The van der Waals surface area contributed by atoms with Crippen LogP contribution in [0.15, 0.2) is 69.4 Å². The van der Waals surface area contributed by atoms with Crippen molar-refractivity contribution in [1.82, 2.24) is 9.55 Å². The zero-order chi connectivity index (χ0) is 24.3. The molecule has 10 heteroatoms. The number of benzene rings is 2. The van der Waals surface area contributed by atoms with Crippen molar-refractivity contribution in [1.29, 1.82) is 0 Å². The maximum atomic E-state index is 13.2. The number of anilines is 1. The number of nitrogens with one attached hydrogen (secondary N) is 1. The topological polar surface area (TPSA) is 64.0 Å². The summed E-state index contributed by atoms with van der Waals surface area (Å²) >= 11 is 2.68. The molecule has 0 bridgehead atoms. The molecule has 1 aliphatic heterocycles. The lowest BCUT2D eigenvalue weighted by Gasteiger charge is -2.14. The summed E-state index contributed by atoms with van der Waals surface area (Å²) in [6.07, 6.45) is -3.09. The number of carbonyl (C=O) groups excluding carboxylic acids is 1. The monoisotopic (exact) mass is 505 g/mol. The number of thioether (sulfide) groups is 2. The molecule has 178 valence electrons. The molecule has 2 heterocycles. The van der Waals surface area contributed by atoms with E-state index >= 15 is 0 Å². The second kappa shape index (κ2) is 10.3. The van der Waals surface area contributed by atoms with E-state index in [2.05, 4.69) is 5.32 Å². The first-order valence-corrected chi connectivity index (χ1v) is 12.5. The van der Waals surface area contributed by atoms with Crippen molar-refractivity contribution in [2.45, 2.75) is 47.8 Å². The van der Waals surface area contributed by atoms with E-state index in [1.165, 1.54) is 23.9 Å². The van der Waals surface area contributed by atoms with Crippen LogP contribution in [0.1, 0.15) is 23.7 Å². The van der Waals surface area contributed by atoms with Gasteiger partial charge >= 0.3 is 6.18 Å². The molecule has 1 aromatic heterocycles. The van der Waals surface area contributed by atoms with Gasteiger partial charge in [0.15, 0.2) is 5.16 Å². The van der Waals surface area contributed by atoms with E-state index in [1.54, 1.807) is 4.57 Å². The smallest absolute Gasteiger partial charge is 0.325 e. The van der Waals surface area contributed by atoms with Gasteiger partial charge in [-0.15, -0.1) is 11.8 Å². The quantitative estimate of drug-likeness (QED) is 0.350. The van der Waals surface area contributed by atoms with Gasteiger partial charge in [0.05, 0.1) is 21.9 Å². The second-order valence-electron chi connectivity index (χ2n) is 7.91. The highest BCUT2D eigenvalue weighted by Crippen LogP contribution is 2.34. The van der Waals surface area contributed by atoms with Gasteiger partial charge in [-0.05, 0) is 36.2 Å². The SMILES string of the molecule is CC1Cc2nc(SCC(=O)Nc3ccc(C(F)(F)F)cc3)n(CCc3ccccc3)c(=O)c2S1. The first-order chi connectivity index (χ1) is 16.2. The number of fused-ring (bicyclic) bond motifs is 1. The standard InChI is InChI=1S/C24H22F3N3O2S2/c1-15-13-19-21(34-15)22(32)30(12-11-16-5-3-2-4-6-16)23(29-19)33-14-20(31)28-18-9-7-17(8-10-18)24(25,26)27/h2-10,15H,11-14H2,1H3,(H,28,31). The van der Waals surface area contributed by atoms with Gasteiger partial charge in [-0.25, -0.2) is 4.98 Å². The van der Waals surface area contributed by atoms with E-state index in [-0.39, 0.29) is 22.2 Å². The molecule has 0 fully saturated rings. The molecular weight excluding hydrogens is 483 g/mol. The van der Waals surface area contributed by atoms with Crippen LogP contribution in [-0.2, 0) is 30.4 Å². The number of hydrogen-bond acceptors (Lipinski definition) is 5. The Kier molecular flexibility index (Phi) is 7.37. The molecule has 3 aromatic rings. The van der Waals surface area contributed by atoms with Gasteiger partial charge in [-0.3, -0.25) is 14.2 Å². The van der Waals surface area contributed by atoms with E-state index in [0.717, 1.165) is 35.2 Å². The number of aromatic nitrogens is 2. The van der Waals surface area contributed by atoms with Gasteiger partial charge in [0, 0.05) is 23.9 Å². The average molecular weight is 506 g/mol. The van der Waals surface area contributed by atoms with Crippen LogP contribution in [0.2, 0.25) is 0 Å². The summed E-state index contributed by atoms with van der Waals surface area (Å²) in [5.74, 6) is -0.419. The van der Waals surface area contributed by atoms with Crippen LogP contribution < -0.4 is 10.9 Å². The molecule has 0 spiro atoms. The van der Waals surface area contributed by atoms with E-state index in [4.69, 9.17) is 4.98 Å². The van der Waals surface area contributed by atoms with Crippen molar-refractivity contribution in [3.8, 4) is 0 Å². The summed E-state index contributed by atoms with van der Waals surface area (Å²) in [5, 5.41) is 3.33. The molecule has 0 radical (unpaired) electrons. The molecule has 1 aliphatic rings. The summed E-state index contributed by atoms with van der Waals surface area (Å²) < 4.78 is 39.8. The Hall–Kier alpha value is -2.72. The molecule has 0 saturated heterocycles. The first kappa shape index (κ1) is 24.4. The predicted molar refractivity (Wildman–Crippen MR) is 128 cm³/mol. The van der Waals surface area contributed by atoms with Crippen molar-refractivity contribution in [2.75, 3.05) is 11.1 Å². The van der Waals surface area contributed by atoms with Crippen molar-refractivity contribution in [3.05, 3.63) is 81.8 Å². The summed E-state index contributed by atoms with van der Waals surface area (Å²) in [5.41, 5.74) is 1.24. The minimum absolute atomic E-state index is 0.0275. The van der Waals surface area contributed by atoms with Gasteiger partial charge in [-0.1, -0.05) is 49.0 Å². The Morgan fingerprint density at radius 2 is 1.88 bits per heavy atom. The van der Waals surface area contributed by atoms with Crippen molar-refractivity contribution >= 4 is 35.1 Å². The second-order valence-corrected chi connectivity index (χ2v) is 10.3. The number of halogens is 3. The van der Waals surface area contributed by atoms with E-state index in [9.17, 15) is 22.8 Å². The zero-order valence-corrected chi connectivity index (χ0v) is 19.9. The molecule has 0 saturated carbocycles. The molecule has 4 rings (SSSR count). The number of amides is 1. The zero-order valence-electron chi connectivity index (χ0n) is 18.3. The Morgan fingerprint density at radius 3 is 2.56 bits per heavy atom. The molecule has 1 unspecified atom stereocenters. The highest BCUT2D eigenvalue weighted by molar-refractivity contribution is 8.00. The summed E-state index contributed by atoms with van der Waals surface area (Å²) in [6, 6.07) is 14.1. The Morgan fingerprint density at radius 1 is 1.18 bits per heavy atom. The largest absolute Gasteiger partial charge is 0.416 e. The fourth-order valence-electron chi connectivity index (χ4n) is 3.59. The number of nitrogens with zero attached hydrogens (tertiary/aromatic N) is 2. The van der Waals surface area contributed by atoms with Gasteiger partial charge in [0.2, 0.25) is 5.91 Å². The van der Waals surface area contributed by atoms with Crippen LogP contribution >= 0.6 is 23.5 Å². The van der Waals surface area contributed by atoms with Crippen LogP contribution in [0.3, 0.4) is 0 Å². The van der Waals surface area contributed by atoms with Gasteiger partial charge < -0.3 is 5.32 Å². The maximum absolute atomic E-state index is 13.2. The Balaban J connectivity index is 1.48. The minimum atomic E-state index is -4.43. The summed E-state index contributed by atoms with van der Waals surface area (Å²) in [7, 11) is 0. The molecule has 1 amide bonds. The third-order valence-electron chi connectivity index (χ3n) is 5.26. The molecule has 1 N–H and O–H groups in total. The van der Waals surface area contributed by atoms with Crippen molar-refractivity contribution in [3.63, 3.8) is 0 Å². The minimum Gasteiger partial charge on any atom is -0.325 e. The molecule has 2 aromatic carbocycles. The van der Waals surface area contributed by atoms with Gasteiger partial charge in [0.25, 0.3) is 5.56 Å². The lowest BCUT2D eigenvalue weighted by atomic mass is 10.1. The third-order valence-corrected chi connectivity index (χ3v) is 7.45. The number of alkyl halides is 3. The average Bonchev–Trinajstić information content (AvgIpc) is 3.18. The fraction of sp³-hybridized carbons (Fsp3) is 0.292. The number of rotatable bonds is 7. The highest BCUT2D eigenvalue weighted by atomic mass is 32.2. The number of aryl methyl sites for hydroxylation is 1. The highest BCUT2D eigenvalue weighted by Gasteiger charge is 2.30. The summed E-state index contributed by atoms with van der Waals surface area (Å²) in [6.45, 7) is 2.48. The Bertz CT molecular complexity index is 1230. The van der Waals surface area contributed by atoms with Crippen LogP contribution in [0, 0.1) is 0 Å². The maximum Gasteiger partial charge on any atom is 0.416 e. The third kappa shape index (κ3) is 5.85. The first-order valence-electron chi connectivity index (χ1n) is 10.6. The van der Waals surface area contributed by atoms with Crippen LogP contribution in [0.5, 0.6) is 0 Å². The molecule has 5 nitrogen and oxygen atoms in total.